The van der Waals surface area contributed by atoms with Crippen LogP contribution in [0.3, 0.4) is 0 Å². The fourth-order valence-corrected chi connectivity index (χ4v) is 1.29. The minimum absolute atomic E-state index is 0.470. The van der Waals surface area contributed by atoms with Gasteiger partial charge in [-0.1, -0.05) is 13.8 Å². The van der Waals surface area contributed by atoms with Crippen LogP contribution in [0.15, 0.2) is 6.33 Å². The Hall–Kier alpha value is -0.860. The molecule has 13 heavy (non-hydrogen) atoms. The summed E-state index contributed by atoms with van der Waals surface area (Å²) in [6.07, 6.45) is 4.04. The normalized spacial score (nSPS) is 11.5. The Morgan fingerprint density at radius 2 is 2.00 bits per heavy atom. The maximum Gasteiger partial charge on any atom is 0.133 e. The molecule has 0 amide bonds. The monoisotopic (exact) mass is 181 g/mol. The van der Waals surface area contributed by atoms with Crippen LogP contribution in [0.4, 0.5) is 0 Å². The first-order valence-corrected chi connectivity index (χ1v) is 4.99. The summed E-state index contributed by atoms with van der Waals surface area (Å²) in [4.78, 5) is 0. The lowest BCUT2D eigenvalue weighted by Crippen LogP contribution is -2.06. The van der Waals surface area contributed by atoms with E-state index in [0.717, 1.165) is 18.2 Å². The van der Waals surface area contributed by atoms with Crippen molar-refractivity contribution in [1.29, 1.82) is 0 Å². The second kappa shape index (κ2) is 4.40. The molecule has 0 spiro atoms. The second-order valence-corrected chi connectivity index (χ2v) is 4.18. The van der Waals surface area contributed by atoms with Crippen molar-refractivity contribution in [2.45, 2.75) is 46.6 Å². The predicted octanol–water partition coefficient (Wildman–Crippen LogP) is 2.45. The topological polar surface area (TPSA) is 30.7 Å². The van der Waals surface area contributed by atoms with Crippen molar-refractivity contribution in [3.8, 4) is 0 Å². The van der Waals surface area contributed by atoms with Crippen molar-refractivity contribution in [2.24, 2.45) is 5.92 Å². The molecule has 0 radical (unpaired) electrons. The van der Waals surface area contributed by atoms with Crippen LogP contribution in [0.1, 0.15) is 46.0 Å². The number of nitrogens with zero attached hydrogens (tertiary/aromatic N) is 3. The van der Waals surface area contributed by atoms with Gasteiger partial charge in [-0.2, -0.15) is 0 Å². The van der Waals surface area contributed by atoms with E-state index >= 15 is 0 Å². The first-order chi connectivity index (χ1) is 6.11. The largest absolute Gasteiger partial charge is 0.315 e. The molecule has 0 aliphatic carbocycles. The molecule has 3 heteroatoms. The van der Waals surface area contributed by atoms with E-state index in [2.05, 4.69) is 42.5 Å². The Balaban J connectivity index is 2.60. The van der Waals surface area contributed by atoms with E-state index in [9.17, 15) is 0 Å². The minimum atomic E-state index is 0.470. The van der Waals surface area contributed by atoms with Crippen molar-refractivity contribution < 1.29 is 0 Å². The number of rotatable bonds is 4. The summed E-state index contributed by atoms with van der Waals surface area (Å²) in [5.74, 6) is 1.85. The molecule has 1 rings (SSSR count). The van der Waals surface area contributed by atoms with E-state index in [1.807, 2.05) is 6.33 Å². The van der Waals surface area contributed by atoms with Gasteiger partial charge in [-0.25, -0.2) is 0 Å². The van der Waals surface area contributed by atoms with Crippen molar-refractivity contribution in [3.63, 3.8) is 0 Å². The molecule has 0 bridgehead atoms. The molecule has 0 saturated carbocycles. The van der Waals surface area contributed by atoms with E-state index in [1.54, 1.807) is 0 Å². The molecule has 3 nitrogen and oxygen atoms in total. The highest BCUT2D eigenvalue weighted by atomic mass is 15.3. The Labute approximate surface area is 80.2 Å². The van der Waals surface area contributed by atoms with Gasteiger partial charge in [-0.05, 0) is 26.2 Å². The number of aromatic nitrogens is 3. The van der Waals surface area contributed by atoms with E-state index < -0.39 is 0 Å². The highest BCUT2D eigenvalue weighted by Crippen LogP contribution is 2.10. The molecule has 0 saturated heterocycles. The van der Waals surface area contributed by atoms with Crippen LogP contribution in [0, 0.1) is 5.92 Å². The molecule has 0 unspecified atom stereocenters. The molecule has 1 heterocycles. The van der Waals surface area contributed by atoms with E-state index in [0.29, 0.717) is 6.04 Å². The van der Waals surface area contributed by atoms with Gasteiger partial charge < -0.3 is 4.57 Å². The minimum Gasteiger partial charge on any atom is -0.315 e. The summed E-state index contributed by atoms with van der Waals surface area (Å²) in [6.45, 7) is 8.77. The summed E-state index contributed by atoms with van der Waals surface area (Å²) in [5.41, 5.74) is 0. The van der Waals surface area contributed by atoms with Gasteiger partial charge in [0.25, 0.3) is 0 Å². The Morgan fingerprint density at radius 3 is 2.54 bits per heavy atom. The third-order valence-electron chi connectivity index (χ3n) is 2.15. The first-order valence-electron chi connectivity index (χ1n) is 4.99. The summed E-state index contributed by atoms with van der Waals surface area (Å²) in [7, 11) is 0. The Kier molecular flexibility index (Phi) is 3.46. The van der Waals surface area contributed by atoms with Crippen molar-refractivity contribution >= 4 is 0 Å². The Bertz CT molecular complexity index is 250. The summed E-state index contributed by atoms with van der Waals surface area (Å²) >= 11 is 0. The first kappa shape index (κ1) is 10.2. The maximum absolute atomic E-state index is 4.12. The average Bonchev–Trinajstić information content (AvgIpc) is 2.47. The highest BCUT2D eigenvalue weighted by Gasteiger charge is 2.07. The number of hydrogen-bond acceptors (Lipinski definition) is 2. The van der Waals surface area contributed by atoms with Crippen LogP contribution in [-0.2, 0) is 6.42 Å². The SMILES string of the molecule is CC(C)CCc1nncn1C(C)C. The van der Waals surface area contributed by atoms with Gasteiger partial charge in [0.05, 0.1) is 0 Å². The number of hydrogen-bond donors (Lipinski definition) is 0. The zero-order valence-electron chi connectivity index (χ0n) is 8.99. The molecular formula is C10H19N3. The van der Waals surface area contributed by atoms with Gasteiger partial charge in [0, 0.05) is 12.5 Å². The van der Waals surface area contributed by atoms with Crippen LogP contribution < -0.4 is 0 Å². The van der Waals surface area contributed by atoms with E-state index in [-0.39, 0.29) is 0 Å². The zero-order valence-corrected chi connectivity index (χ0v) is 8.99. The standard InChI is InChI=1S/C10H19N3/c1-8(2)5-6-10-12-11-7-13(10)9(3)4/h7-9H,5-6H2,1-4H3. The Morgan fingerprint density at radius 1 is 1.31 bits per heavy atom. The van der Waals surface area contributed by atoms with Gasteiger partial charge in [0.15, 0.2) is 0 Å². The molecule has 0 N–H and O–H groups in total. The van der Waals surface area contributed by atoms with Crippen LogP contribution in [0.2, 0.25) is 0 Å². The lowest BCUT2D eigenvalue weighted by molar-refractivity contribution is 0.524. The molecule has 0 atom stereocenters. The summed E-state index contributed by atoms with van der Waals surface area (Å²) in [5, 5.41) is 8.06. The molecule has 74 valence electrons. The van der Waals surface area contributed by atoms with Crippen LogP contribution in [0.25, 0.3) is 0 Å². The highest BCUT2D eigenvalue weighted by molar-refractivity contribution is 4.88. The van der Waals surface area contributed by atoms with Crippen LogP contribution in [-0.4, -0.2) is 14.8 Å². The van der Waals surface area contributed by atoms with E-state index in [4.69, 9.17) is 0 Å². The lowest BCUT2D eigenvalue weighted by Gasteiger charge is -2.10. The zero-order chi connectivity index (χ0) is 9.84. The van der Waals surface area contributed by atoms with Gasteiger partial charge in [-0.3, -0.25) is 0 Å². The smallest absolute Gasteiger partial charge is 0.133 e. The molecular weight excluding hydrogens is 162 g/mol. The van der Waals surface area contributed by atoms with Crippen molar-refractivity contribution in [3.05, 3.63) is 12.2 Å². The molecule has 1 aromatic heterocycles. The molecule has 1 aromatic rings. The average molecular weight is 181 g/mol. The fraction of sp³-hybridized carbons (Fsp3) is 0.800. The third kappa shape index (κ3) is 2.83. The summed E-state index contributed by atoms with van der Waals surface area (Å²) < 4.78 is 2.14. The van der Waals surface area contributed by atoms with Gasteiger partial charge in [0.2, 0.25) is 0 Å². The number of aryl methyl sites for hydroxylation is 1. The molecule has 0 aromatic carbocycles. The second-order valence-electron chi connectivity index (χ2n) is 4.18. The van der Waals surface area contributed by atoms with E-state index in [1.165, 1.54) is 6.42 Å². The van der Waals surface area contributed by atoms with Gasteiger partial charge >= 0.3 is 0 Å². The maximum atomic E-state index is 4.12. The molecule has 0 aliphatic rings. The van der Waals surface area contributed by atoms with Gasteiger partial charge in [-0.15, -0.1) is 10.2 Å². The van der Waals surface area contributed by atoms with Crippen LogP contribution >= 0.6 is 0 Å². The molecule has 0 aliphatic heterocycles. The van der Waals surface area contributed by atoms with Gasteiger partial charge in [0.1, 0.15) is 12.2 Å². The fourth-order valence-electron chi connectivity index (χ4n) is 1.29. The molecule has 0 fully saturated rings. The predicted molar refractivity (Wildman–Crippen MR) is 53.6 cm³/mol. The van der Waals surface area contributed by atoms with Crippen molar-refractivity contribution in [1.82, 2.24) is 14.8 Å². The lowest BCUT2D eigenvalue weighted by atomic mass is 10.1. The van der Waals surface area contributed by atoms with Crippen molar-refractivity contribution in [2.75, 3.05) is 0 Å². The summed E-state index contributed by atoms with van der Waals surface area (Å²) in [6, 6.07) is 0.470. The van der Waals surface area contributed by atoms with Crippen LogP contribution in [0.5, 0.6) is 0 Å². The third-order valence-corrected chi connectivity index (χ3v) is 2.15. The quantitative estimate of drug-likeness (QED) is 0.714.